The number of benzene rings is 1. The Hall–Kier alpha value is -1.74. The number of hydrogen-bond donors (Lipinski definition) is 0. The van der Waals surface area contributed by atoms with Gasteiger partial charge >= 0.3 is 6.18 Å². The van der Waals surface area contributed by atoms with Crippen LogP contribution in [0.3, 0.4) is 0 Å². The topological polar surface area (TPSA) is 42.2 Å². The summed E-state index contributed by atoms with van der Waals surface area (Å²) in [6.07, 6.45) is -4.55. The third-order valence-corrected chi connectivity index (χ3v) is 2.24. The van der Waals surface area contributed by atoms with Gasteiger partial charge in [-0.05, 0) is 17.7 Å². The summed E-state index contributed by atoms with van der Waals surface area (Å²) in [6, 6.07) is 7.97. The number of rotatable bonds is 5. The zero-order valence-electron chi connectivity index (χ0n) is 9.70. The fourth-order valence-electron chi connectivity index (χ4n) is 1.26. The second kappa shape index (κ2) is 6.26. The first-order valence-electron chi connectivity index (χ1n) is 5.14. The molecule has 0 fully saturated rings. The fourth-order valence-corrected chi connectivity index (χ4v) is 1.26. The summed E-state index contributed by atoms with van der Waals surface area (Å²) in [5, 5.41) is 8.37. The van der Waals surface area contributed by atoms with E-state index in [0.717, 1.165) is 0 Å². The minimum Gasteiger partial charge on any atom is -0.497 e. The molecule has 1 aromatic rings. The Bertz CT molecular complexity index is 426. The van der Waals surface area contributed by atoms with Crippen molar-refractivity contribution in [2.24, 2.45) is 5.92 Å². The lowest BCUT2D eigenvalue weighted by Crippen LogP contribution is -2.25. The van der Waals surface area contributed by atoms with Crippen molar-refractivity contribution in [1.82, 2.24) is 0 Å². The molecule has 6 heteroatoms. The summed E-state index contributed by atoms with van der Waals surface area (Å²) in [4.78, 5) is 0. The molecular formula is C12H12F3NO2. The van der Waals surface area contributed by atoms with Gasteiger partial charge in [-0.25, -0.2) is 0 Å². The van der Waals surface area contributed by atoms with Gasteiger partial charge in [0.2, 0.25) is 0 Å². The first-order chi connectivity index (χ1) is 8.47. The van der Waals surface area contributed by atoms with Crippen LogP contribution in [0.25, 0.3) is 0 Å². The molecule has 0 amide bonds. The highest BCUT2D eigenvalue weighted by molar-refractivity contribution is 5.27. The molecule has 0 aliphatic heterocycles. The van der Waals surface area contributed by atoms with Gasteiger partial charge in [-0.15, -0.1) is 0 Å². The Kier molecular flexibility index (Phi) is 4.98. The molecular weight excluding hydrogens is 247 g/mol. The second-order valence-electron chi connectivity index (χ2n) is 3.59. The van der Waals surface area contributed by atoms with Gasteiger partial charge in [-0.3, -0.25) is 0 Å². The van der Waals surface area contributed by atoms with E-state index in [1.54, 1.807) is 24.3 Å². The largest absolute Gasteiger partial charge is 0.497 e. The lowest BCUT2D eigenvalue weighted by molar-refractivity contribution is -0.172. The van der Waals surface area contributed by atoms with Gasteiger partial charge in [0.05, 0.1) is 26.4 Å². The number of halogens is 3. The Balaban J connectivity index is 2.48. The predicted octanol–water partition coefficient (Wildman–Crippen LogP) is 2.91. The number of ether oxygens (including phenoxy) is 2. The van der Waals surface area contributed by atoms with Crippen molar-refractivity contribution >= 4 is 0 Å². The van der Waals surface area contributed by atoms with E-state index in [0.29, 0.717) is 11.3 Å². The molecule has 0 bridgehead atoms. The van der Waals surface area contributed by atoms with Crippen molar-refractivity contribution < 1.29 is 22.6 Å². The molecule has 1 aromatic carbocycles. The molecule has 0 saturated carbocycles. The fraction of sp³-hybridized carbons (Fsp3) is 0.417. The zero-order chi connectivity index (χ0) is 13.6. The maximum atomic E-state index is 12.2. The van der Waals surface area contributed by atoms with Crippen LogP contribution in [-0.4, -0.2) is 19.9 Å². The van der Waals surface area contributed by atoms with Crippen LogP contribution in [0, 0.1) is 17.2 Å². The van der Waals surface area contributed by atoms with E-state index in [9.17, 15) is 13.2 Å². The number of hydrogen-bond acceptors (Lipinski definition) is 3. The van der Waals surface area contributed by atoms with Crippen LogP contribution in [0.5, 0.6) is 5.75 Å². The van der Waals surface area contributed by atoms with Crippen LogP contribution >= 0.6 is 0 Å². The van der Waals surface area contributed by atoms with Gasteiger partial charge in [0, 0.05) is 0 Å². The van der Waals surface area contributed by atoms with Crippen LogP contribution in [0.1, 0.15) is 5.56 Å². The smallest absolute Gasteiger partial charge is 0.406 e. The molecule has 0 saturated heterocycles. The summed E-state index contributed by atoms with van der Waals surface area (Å²) in [6.45, 7) is -0.664. The molecule has 0 heterocycles. The molecule has 0 aliphatic carbocycles. The normalized spacial score (nSPS) is 12.8. The number of nitrogens with zero attached hydrogens (tertiary/aromatic N) is 1. The molecule has 3 nitrogen and oxygen atoms in total. The SMILES string of the molecule is COc1cccc(COCC(C#N)C(F)(F)F)c1. The van der Waals surface area contributed by atoms with Crippen molar-refractivity contribution in [1.29, 1.82) is 5.26 Å². The van der Waals surface area contributed by atoms with Gasteiger partial charge in [-0.1, -0.05) is 12.1 Å². The quantitative estimate of drug-likeness (QED) is 0.816. The molecule has 98 valence electrons. The average molecular weight is 259 g/mol. The van der Waals surface area contributed by atoms with E-state index in [1.807, 2.05) is 0 Å². The lowest BCUT2D eigenvalue weighted by Gasteiger charge is -2.13. The molecule has 0 spiro atoms. The van der Waals surface area contributed by atoms with Crippen LogP contribution in [0.4, 0.5) is 13.2 Å². The van der Waals surface area contributed by atoms with Crippen molar-refractivity contribution in [2.75, 3.05) is 13.7 Å². The molecule has 1 rings (SSSR count). The predicted molar refractivity (Wildman–Crippen MR) is 57.8 cm³/mol. The highest BCUT2D eigenvalue weighted by atomic mass is 19.4. The van der Waals surface area contributed by atoms with Crippen LogP contribution in [0.15, 0.2) is 24.3 Å². The zero-order valence-corrected chi connectivity index (χ0v) is 9.70. The maximum absolute atomic E-state index is 12.2. The van der Waals surface area contributed by atoms with Crippen LogP contribution < -0.4 is 4.74 Å². The number of nitriles is 1. The highest BCUT2D eigenvalue weighted by Crippen LogP contribution is 2.26. The van der Waals surface area contributed by atoms with Gasteiger partial charge in [0.25, 0.3) is 0 Å². The number of methoxy groups -OCH3 is 1. The summed E-state index contributed by atoms with van der Waals surface area (Å²) >= 11 is 0. The Morgan fingerprint density at radius 3 is 2.67 bits per heavy atom. The molecule has 0 radical (unpaired) electrons. The Labute approximate surface area is 103 Å². The van der Waals surface area contributed by atoms with E-state index >= 15 is 0 Å². The van der Waals surface area contributed by atoms with Crippen LogP contribution in [0.2, 0.25) is 0 Å². The summed E-state index contributed by atoms with van der Waals surface area (Å²) in [5.74, 6) is -1.49. The van der Waals surface area contributed by atoms with E-state index in [2.05, 4.69) is 0 Å². The summed E-state index contributed by atoms with van der Waals surface area (Å²) in [5.41, 5.74) is 0.688. The molecule has 0 N–H and O–H groups in total. The summed E-state index contributed by atoms with van der Waals surface area (Å²) < 4.78 is 46.6. The van der Waals surface area contributed by atoms with Crippen LogP contribution in [-0.2, 0) is 11.3 Å². The van der Waals surface area contributed by atoms with Gasteiger partial charge in [0.15, 0.2) is 5.92 Å². The monoisotopic (exact) mass is 259 g/mol. The number of alkyl halides is 3. The third kappa shape index (κ3) is 4.26. The molecule has 1 atom stereocenters. The first-order valence-corrected chi connectivity index (χ1v) is 5.14. The summed E-state index contributed by atoms with van der Waals surface area (Å²) in [7, 11) is 1.50. The molecule has 0 aromatic heterocycles. The van der Waals surface area contributed by atoms with E-state index in [1.165, 1.54) is 13.2 Å². The van der Waals surface area contributed by atoms with Crippen molar-refractivity contribution in [3.05, 3.63) is 29.8 Å². The minimum absolute atomic E-state index is 0.00542. The minimum atomic E-state index is -4.55. The van der Waals surface area contributed by atoms with Gasteiger partial charge in [0.1, 0.15) is 5.75 Å². The Morgan fingerprint density at radius 1 is 1.39 bits per heavy atom. The second-order valence-corrected chi connectivity index (χ2v) is 3.59. The van der Waals surface area contributed by atoms with Gasteiger partial charge < -0.3 is 9.47 Å². The van der Waals surface area contributed by atoms with Crippen molar-refractivity contribution in [2.45, 2.75) is 12.8 Å². The van der Waals surface area contributed by atoms with E-state index < -0.39 is 18.7 Å². The third-order valence-electron chi connectivity index (χ3n) is 2.24. The lowest BCUT2D eigenvalue weighted by atomic mass is 10.2. The standard InChI is InChI=1S/C12H12F3NO2/c1-17-11-4-2-3-9(5-11)7-18-8-10(6-16)12(13,14)15/h2-5,10H,7-8H2,1H3. The Morgan fingerprint density at radius 2 is 2.11 bits per heavy atom. The van der Waals surface area contributed by atoms with Crippen molar-refractivity contribution in [3.63, 3.8) is 0 Å². The highest BCUT2D eigenvalue weighted by Gasteiger charge is 2.39. The molecule has 0 aliphatic rings. The van der Waals surface area contributed by atoms with E-state index in [4.69, 9.17) is 14.7 Å². The van der Waals surface area contributed by atoms with Gasteiger partial charge in [-0.2, -0.15) is 18.4 Å². The molecule has 1 unspecified atom stereocenters. The average Bonchev–Trinajstić information content (AvgIpc) is 2.33. The first kappa shape index (κ1) is 14.3. The maximum Gasteiger partial charge on any atom is 0.406 e. The van der Waals surface area contributed by atoms with E-state index in [-0.39, 0.29) is 6.61 Å². The molecule has 18 heavy (non-hydrogen) atoms. The van der Waals surface area contributed by atoms with Crippen molar-refractivity contribution in [3.8, 4) is 11.8 Å².